The van der Waals surface area contributed by atoms with Crippen LogP contribution in [0.15, 0.2) is 18.2 Å². The van der Waals surface area contributed by atoms with Crippen molar-refractivity contribution >= 4 is 0 Å². The highest BCUT2D eigenvalue weighted by Gasteiger charge is 2.15. The molecule has 1 aromatic rings. The molecule has 0 amide bonds. The highest BCUT2D eigenvalue weighted by molar-refractivity contribution is 5.27. The predicted octanol–water partition coefficient (Wildman–Crippen LogP) is 2.35. The third kappa shape index (κ3) is 3.58. The van der Waals surface area contributed by atoms with Gasteiger partial charge in [0.1, 0.15) is 5.82 Å². The Bertz CT molecular complexity index is 337. The lowest BCUT2D eigenvalue weighted by Crippen LogP contribution is -2.31. The van der Waals surface area contributed by atoms with E-state index in [0.29, 0.717) is 0 Å². The van der Waals surface area contributed by atoms with Gasteiger partial charge in [-0.1, -0.05) is 24.6 Å². The molecule has 2 nitrogen and oxygen atoms in total. The second kappa shape index (κ2) is 5.97. The molecule has 0 heterocycles. The van der Waals surface area contributed by atoms with Crippen LogP contribution >= 0.6 is 0 Å². The van der Waals surface area contributed by atoms with Crippen LogP contribution < -0.4 is 5.32 Å². The Morgan fingerprint density at radius 2 is 2.06 bits per heavy atom. The van der Waals surface area contributed by atoms with Crippen LogP contribution in [0, 0.1) is 12.7 Å². The molecule has 90 valence electrons. The van der Waals surface area contributed by atoms with Gasteiger partial charge in [-0.05, 0) is 33.6 Å². The van der Waals surface area contributed by atoms with Crippen LogP contribution in [0.2, 0.25) is 0 Å². The van der Waals surface area contributed by atoms with Crippen molar-refractivity contribution in [2.75, 3.05) is 27.2 Å². The molecule has 0 spiro atoms. The van der Waals surface area contributed by atoms with Gasteiger partial charge in [0.2, 0.25) is 0 Å². The fourth-order valence-corrected chi connectivity index (χ4v) is 1.81. The summed E-state index contributed by atoms with van der Waals surface area (Å²) in [4.78, 5) is 2.06. The molecule has 0 aliphatic rings. The second-order valence-corrected chi connectivity index (χ2v) is 4.40. The van der Waals surface area contributed by atoms with Gasteiger partial charge in [0, 0.05) is 18.2 Å². The minimum Gasteiger partial charge on any atom is -0.309 e. The summed E-state index contributed by atoms with van der Waals surface area (Å²) in [5.74, 6) is -0.126. The Morgan fingerprint density at radius 1 is 1.38 bits per heavy atom. The average Bonchev–Trinajstić information content (AvgIpc) is 2.20. The maximum Gasteiger partial charge on any atom is 0.128 e. The normalized spacial score (nSPS) is 13.1. The fourth-order valence-electron chi connectivity index (χ4n) is 1.81. The van der Waals surface area contributed by atoms with Gasteiger partial charge < -0.3 is 10.2 Å². The Hall–Kier alpha value is -0.930. The number of hydrogen-bond acceptors (Lipinski definition) is 2. The van der Waals surface area contributed by atoms with E-state index in [1.807, 2.05) is 34.0 Å². The first-order valence-corrected chi connectivity index (χ1v) is 5.68. The Kier molecular flexibility index (Phi) is 4.90. The first-order valence-electron chi connectivity index (χ1n) is 5.68. The highest BCUT2D eigenvalue weighted by Crippen LogP contribution is 2.19. The lowest BCUT2D eigenvalue weighted by Gasteiger charge is -2.23. The van der Waals surface area contributed by atoms with E-state index < -0.39 is 0 Å². The molecule has 3 heteroatoms. The van der Waals surface area contributed by atoms with Crippen molar-refractivity contribution in [2.24, 2.45) is 0 Å². The van der Waals surface area contributed by atoms with Crippen molar-refractivity contribution in [3.8, 4) is 0 Å². The minimum absolute atomic E-state index is 0.0555. The largest absolute Gasteiger partial charge is 0.309 e. The molecule has 16 heavy (non-hydrogen) atoms. The van der Waals surface area contributed by atoms with Crippen LogP contribution in [0.5, 0.6) is 0 Å². The summed E-state index contributed by atoms with van der Waals surface area (Å²) in [5.41, 5.74) is 1.86. The van der Waals surface area contributed by atoms with E-state index in [1.165, 1.54) is 0 Å². The van der Waals surface area contributed by atoms with Gasteiger partial charge in [0.05, 0.1) is 0 Å². The average molecular weight is 224 g/mol. The van der Waals surface area contributed by atoms with Crippen LogP contribution in [0.4, 0.5) is 4.39 Å². The van der Waals surface area contributed by atoms with Crippen molar-refractivity contribution < 1.29 is 4.39 Å². The molecule has 1 atom stereocenters. The summed E-state index contributed by atoms with van der Waals surface area (Å²) in [7, 11) is 4.00. The third-order valence-corrected chi connectivity index (χ3v) is 2.53. The van der Waals surface area contributed by atoms with Crippen molar-refractivity contribution in [2.45, 2.75) is 19.9 Å². The van der Waals surface area contributed by atoms with Gasteiger partial charge in [0.15, 0.2) is 0 Å². The Morgan fingerprint density at radius 3 is 2.62 bits per heavy atom. The molecule has 0 saturated heterocycles. The minimum atomic E-state index is -0.126. The van der Waals surface area contributed by atoms with Crippen LogP contribution in [0.25, 0.3) is 0 Å². The number of halogens is 1. The molecule has 1 aromatic carbocycles. The van der Waals surface area contributed by atoms with Gasteiger partial charge in [-0.15, -0.1) is 0 Å². The molecule has 0 aliphatic heterocycles. The zero-order valence-corrected chi connectivity index (χ0v) is 10.5. The van der Waals surface area contributed by atoms with Crippen molar-refractivity contribution in [1.82, 2.24) is 10.2 Å². The lowest BCUT2D eigenvalue weighted by molar-refractivity contribution is 0.339. The van der Waals surface area contributed by atoms with Gasteiger partial charge >= 0.3 is 0 Å². The summed E-state index contributed by atoms with van der Waals surface area (Å²) in [6.45, 7) is 5.66. The molecular formula is C13H21FN2. The van der Waals surface area contributed by atoms with Gasteiger partial charge in [-0.25, -0.2) is 4.39 Å². The zero-order valence-electron chi connectivity index (χ0n) is 10.5. The molecule has 0 aromatic heterocycles. The van der Waals surface area contributed by atoms with E-state index in [2.05, 4.69) is 10.2 Å². The van der Waals surface area contributed by atoms with Crippen LogP contribution in [-0.4, -0.2) is 32.1 Å². The molecule has 0 bridgehead atoms. The summed E-state index contributed by atoms with van der Waals surface area (Å²) in [5, 5.41) is 3.32. The molecule has 1 rings (SSSR count). The Balaban J connectivity index is 2.94. The Labute approximate surface area is 97.5 Å². The zero-order chi connectivity index (χ0) is 12.1. The van der Waals surface area contributed by atoms with E-state index >= 15 is 0 Å². The van der Waals surface area contributed by atoms with Gasteiger partial charge in [0.25, 0.3) is 0 Å². The smallest absolute Gasteiger partial charge is 0.128 e. The van der Waals surface area contributed by atoms with Crippen LogP contribution in [-0.2, 0) is 0 Å². The van der Waals surface area contributed by atoms with E-state index in [4.69, 9.17) is 0 Å². The second-order valence-electron chi connectivity index (χ2n) is 4.40. The molecule has 1 unspecified atom stereocenters. The number of benzene rings is 1. The van der Waals surface area contributed by atoms with Crippen molar-refractivity contribution in [1.29, 1.82) is 0 Å². The lowest BCUT2D eigenvalue weighted by atomic mass is 10.0. The first-order chi connectivity index (χ1) is 7.54. The number of hydrogen-bond donors (Lipinski definition) is 1. The predicted molar refractivity (Wildman–Crippen MR) is 66.1 cm³/mol. The molecule has 0 aliphatic carbocycles. The van der Waals surface area contributed by atoms with Crippen LogP contribution in [0.3, 0.4) is 0 Å². The maximum atomic E-state index is 13.7. The van der Waals surface area contributed by atoms with E-state index in [1.54, 1.807) is 12.1 Å². The SMILES string of the molecule is CCNC(CN(C)C)c1cc(C)ccc1F. The number of aryl methyl sites for hydroxylation is 1. The van der Waals surface area contributed by atoms with Crippen molar-refractivity contribution in [3.63, 3.8) is 0 Å². The van der Waals surface area contributed by atoms with Crippen molar-refractivity contribution in [3.05, 3.63) is 35.1 Å². The molecular weight excluding hydrogens is 203 g/mol. The summed E-state index contributed by atoms with van der Waals surface area (Å²) in [6, 6.07) is 5.33. The number of rotatable bonds is 5. The summed E-state index contributed by atoms with van der Waals surface area (Å²) >= 11 is 0. The summed E-state index contributed by atoms with van der Waals surface area (Å²) < 4.78 is 13.7. The first kappa shape index (κ1) is 13.1. The van der Waals surface area contributed by atoms with E-state index in [-0.39, 0.29) is 11.9 Å². The summed E-state index contributed by atoms with van der Waals surface area (Å²) in [6.07, 6.45) is 0. The number of nitrogens with one attached hydrogen (secondary N) is 1. The maximum absolute atomic E-state index is 13.7. The van der Waals surface area contributed by atoms with E-state index in [0.717, 1.165) is 24.2 Å². The highest BCUT2D eigenvalue weighted by atomic mass is 19.1. The van der Waals surface area contributed by atoms with Crippen LogP contribution in [0.1, 0.15) is 24.1 Å². The topological polar surface area (TPSA) is 15.3 Å². The van der Waals surface area contributed by atoms with E-state index in [9.17, 15) is 4.39 Å². The van der Waals surface area contributed by atoms with Gasteiger partial charge in [-0.3, -0.25) is 0 Å². The quantitative estimate of drug-likeness (QED) is 0.826. The fraction of sp³-hybridized carbons (Fsp3) is 0.538. The number of likely N-dealkylation sites (N-methyl/N-ethyl adjacent to an activating group) is 2. The molecule has 1 N–H and O–H groups in total. The molecule has 0 saturated carbocycles. The standard InChI is InChI=1S/C13H21FN2/c1-5-15-13(9-16(3)4)11-8-10(2)6-7-12(11)14/h6-8,13,15H,5,9H2,1-4H3. The monoisotopic (exact) mass is 224 g/mol. The molecule has 0 radical (unpaired) electrons. The number of nitrogens with zero attached hydrogens (tertiary/aromatic N) is 1. The third-order valence-electron chi connectivity index (χ3n) is 2.53. The van der Waals surface area contributed by atoms with Gasteiger partial charge in [-0.2, -0.15) is 0 Å². The molecule has 0 fully saturated rings.